The normalized spacial score (nSPS) is 10.5. The molecule has 0 aromatic carbocycles. The van der Waals surface area contributed by atoms with Gasteiger partial charge in [-0.2, -0.15) is 5.10 Å². The summed E-state index contributed by atoms with van der Waals surface area (Å²) in [5.41, 5.74) is 6.96. The van der Waals surface area contributed by atoms with Crippen molar-refractivity contribution in [3.63, 3.8) is 0 Å². The molecule has 0 aliphatic heterocycles. The summed E-state index contributed by atoms with van der Waals surface area (Å²) in [7, 11) is 0. The molecule has 0 bridgehead atoms. The van der Waals surface area contributed by atoms with Gasteiger partial charge in [0, 0.05) is 22.0 Å². The molecule has 0 saturated carbocycles. The molecule has 2 N–H and O–H groups in total. The zero-order valence-corrected chi connectivity index (χ0v) is 9.12. The van der Waals surface area contributed by atoms with E-state index in [0.717, 1.165) is 10.4 Å². The van der Waals surface area contributed by atoms with Crippen LogP contribution < -0.4 is 5.73 Å². The van der Waals surface area contributed by atoms with Crippen LogP contribution >= 0.6 is 11.3 Å². The number of rotatable bonds is 3. The Morgan fingerprint density at radius 3 is 3.00 bits per heavy atom. The Morgan fingerprint density at radius 2 is 2.47 bits per heavy atom. The molecule has 0 atom stereocenters. The van der Waals surface area contributed by atoms with Crippen molar-refractivity contribution < 1.29 is 4.79 Å². The maximum absolute atomic E-state index is 11.1. The maximum Gasteiger partial charge on any atom is 0.160 e. The lowest BCUT2D eigenvalue weighted by Gasteiger charge is -1.96. The van der Waals surface area contributed by atoms with Crippen molar-refractivity contribution in [1.82, 2.24) is 9.78 Å². The van der Waals surface area contributed by atoms with Crippen LogP contribution in [0, 0.1) is 0 Å². The van der Waals surface area contributed by atoms with Gasteiger partial charge < -0.3 is 5.73 Å². The van der Waals surface area contributed by atoms with Crippen LogP contribution in [0.3, 0.4) is 0 Å². The first-order valence-corrected chi connectivity index (χ1v) is 5.39. The van der Waals surface area contributed by atoms with Gasteiger partial charge in [-0.25, -0.2) is 0 Å². The highest BCUT2D eigenvalue weighted by Gasteiger charge is 2.04. The molecular formula is C10H11N3OS. The molecule has 78 valence electrons. The highest BCUT2D eigenvalue weighted by atomic mass is 32.1. The van der Waals surface area contributed by atoms with Crippen LogP contribution in [0.15, 0.2) is 23.8 Å². The summed E-state index contributed by atoms with van der Waals surface area (Å²) < 4.78 is 1.76. The van der Waals surface area contributed by atoms with Gasteiger partial charge in [0.1, 0.15) is 0 Å². The third-order valence-electron chi connectivity index (χ3n) is 2.03. The largest absolute Gasteiger partial charge is 0.396 e. The van der Waals surface area contributed by atoms with E-state index in [9.17, 15) is 4.79 Å². The molecule has 15 heavy (non-hydrogen) atoms. The Balaban J connectivity index is 2.14. The molecule has 0 aliphatic rings. The summed E-state index contributed by atoms with van der Waals surface area (Å²) >= 11 is 1.56. The zero-order valence-electron chi connectivity index (χ0n) is 8.30. The number of carbonyl (C=O) groups is 1. The average molecular weight is 221 g/mol. The van der Waals surface area contributed by atoms with E-state index in [4.69, 9.17) is 5.73 Å². The van der Waals surface area contributed by atoms with Crippen LogP contribution in [0.1, 0.15) is 22.2 Å². The van der Waals surface area contributed by atoms with Gasteiger partial charge in [0.05, 0.1) is 18.4 Å². The van der Waals surface area contributed by atoms with Crippen LogP contribution in [0.2, 0.25) is 0 Å². The molecule has 2 rings (SSSR count). The second-order valence-corrected chi connectivity index (χ2v) is 4.32. The molecule has 2 aromatic heterocycles. The van der Waals surface area contributed by atoms with Crippen molar-refractivity contribution in [2.24, 2.45) is 0 Å². The van der Waals surface area contributed by atoms with Crippen molar-refractivity contribution in [2.45, 2.75) is 13.5 Å². The molecule has 5 heteroatoms. The summed E-state index contributed by atoms with van der Waals surface area (Å²) in [6.07, 6.45) is 3.38. The summed E-state index contributed by atoms with van der Waals surface area (Å²) in [5.74, 6) is 0.0949. The van der Waals surface area contributed by atoms with E-state index in [-0.39, 0.29) is 5.78 Å². The zero-order chi connectivity index (χ0) is 10.8. The van der Waals surface area contributed by atoms with Crippen LogP contribution in [0.25, 0.3) is 0 Å². The van der Waals surface area contributed by atoms with Crippen molar-refractivity contribution in [2.75, 3.05) is 5.73 Å². The number of nitrogen functional groups attached to an aromatic ring is 1. The second-order valence-electron chi connectivity index (χ2n) is 3.33. The molecule has 2 aromatic rings. The minimum atomic E-state index is 0.0949. The van der Waals surface area contributed by atoms with E-state index in [2.05, 4.69) is 5.10 Å². The number of nitrogens with zero attached hydrogens (tertiary/aromatic N) is 2. The van der Waals surface area contributed by atoms with Crippen molar-refractivity contribution in [1.29, 1.82) is 0 Å². The minimum Gasteiger partial charge on any atom is -0.396 e. The summed E-state index contributed by atoms with van der Waals surface area (Å²) in [4.78, 5) is 12.2. The van der Waals surface area contributed by atoms with Crippen LogP contribution in [0.5, 0.6) is 0 Å². The number of anilines is 1. The lowest BCUT2D eigenvalue weighted by Crippen LogP contribution is -1.98. The number of carbonyl (C=O) groups excluding carboxylic acids is 1. The molecule has 0 saturated heterocycles. The quantitative estimate of drug-likeness (QED) is 0.803. The van der Waals surface area contributed by atoms with Crippen LogP contribution in [-0.2, 0) is 6.54 Å². The molecule has 0 amide bonds. The standard InChI is InChI=1S/C10H11N3OS/c1-7(14)8-2-10(15-6-8)5-13-4-9(11)3-12-13/h2-4,6H,5,11H2,1H3. The number of Topliss-reactive ketones (excluding diaryl/α,β-unsaturated/α-hetero) is 1. The Labute approximate surface area is 91.3 Å². The molecular weight excluding hydrogens is 210 g/mol. The Kier molecular flexibility index (Phi) is 2.55. The van der Waals surface area contributed by atoms with Gasteiger partial charge >= 0.3 is 0 Å². The molecule has 0 fully saturated rings. The Morgan fingerprint density at radius 1 is 1.67 bits per heavy atom. The van der Waals surface area contributed by atoms with E-state index in [1.165, 1.54) is 0 Å². The minimum absolute atomic E-state index is 0.0949. The molecule has 0 spiro atoms. The summed E-state index contributed by atoms with van der Waals surface area (Å²) in [6, 6.07) is 1.89. The summed E-state index contributed by atoms with van der Waals surface area (Å²) in [5, 5.41) is 5.94. The third-order valence-corrected chi connectivity index (χ3v) is 2.95. The van der Waals surface area contributed by atoms with E-state index < -0.39 is 0 Å². The van der Waals surface area contributed by atoms with Gasteiger partial charge in [-0.3, -0.25) is 9.48 Å². The first-order chi connectivity index (χ1) is 7.15. The van der Waals surface area contributed by atoms with Crippen molar-refractivity contribution >= 4 is 22.8 Å². The Bertz CT molecular complexity index is 486. The molecule has 0 radical (unpaired) electrons. The monoisotopic (exact) mass is 221 g/mol. The molecule has 2 heterocycles. The topological polar surface area (TPSA) is 60.9 Å². The van der Waals surface area contributed by atoms with Gasteiger partial charge in [0.2, 0.25) is 0 Å². The number of hydrogen-bond acceptors (Lipinski definition) is 4. The lowest BCUT2D eigenvalue weighted by molar-refractivity contribution is 0.101. The first-order valence-electron chi connectivity index (χ1n) is 4.51. The van der Waals surface area contributed by atoms with Gasteiger partial charge in [0.15, 0.2) is 5.78 Å². The van der Waals surface area contributed by atoms with Crippen molar-refractivity contribution in [3.8, 4) is 0 Å². The fourth-order valence-corrected chi connectivity index (χ4v) is 2.19. The molecule has 4 nitrogen and oxygen atoms in total. The fourth-order valence-electron chi connectivity index (χ4n) is 1.27. The van der Waals surface area contributed by atoms with Gasteiger partial charge in [-0.1, -0.05) is 0 Å². The number of aromatic nitrogens is 2. The van der Waals surface area contributed by atoms with Crippen molar-refractivity contribution in [3.05, 3.63) is 34.3 Å². The number of hydrogen-bond donors (Lipinski definition) is 1. The highest BCUT2D eigenvalue weighted by molar-refractivity contribution is 7.10. The highest BCUT2D eigenvalue weighted by Crippen LogP contribution is 2.16. The first kappa shape index (κ1) is 9.92. The van der Waals surface area contributed by atoms with E-state index in [1.54, 1.807) is 35.3 Å². The fraction of sp³-hybridized carbons (Fsp3) is 0.200. The van der Waals surface area contributed by atoms with Gasteiger partial charge in [0.25, 0.3) is 0 Å². The maximum atomic E-state index is 11.1. The van der Waals surface area contributed by atoms with Crippen LogP contribution in [-0.4, -0.2) is 15.6 Å². The molecule has 0 unspecified atom stereocenters. The smallest absolute Gasteiger partial charge is 0.160 e. The number of thiophene rings is 1. The Hall–Kier alpha value is -1.62. The lowest BCUT2D eigenvalue weighted by atomic mass is 10.2. The predicted molar refractivity (Wildman–Crippen MR) is 60.1 cm³/mol. The SMILES string of the molecule is CC(=O)c1csc(Cn2cc(N)cn2)c1. The summed E-state index contributed by atoms with van der Waals surface area (Å²) in [6.45, 7) is 2.23. The third kappa shape index (κ3) is 2.24. The van der Waals surface area contributed by atoms with E-state index in [1.807, 2.05) is 11.4 Å². The average Bonchev–Trinajstić information content (AvgIpc) is 2.76. The predicted octanol–water partition coefficient (Wildman–Crippen LogP) is 1.78. The number of ketones is 1. The van der Waals surface area contributed by atoms with E-state index in [0.29, 0.717) is 12.2 Å². The van der Waals surface area contributed by atoms with Crippen LogP contribution in [0.4, 0.5) is 5.69 Å². The number of nitrogens with two attached hydrogens (primary N) is 1. The van der Waals surface area contributed by atoms with Gasteiger partial charge in [-0.15, -0.1) is 11.3 Å². The van der Waals surface area contributed by atoms with E-state index >= 15 is 0 Å². The molecule has 0 aliphatic carbocycles. The second kappa shape index (κ2) is 3.86. The van der Waals surface area contributed by atoms with Gasteiger partial charge in [-0.05, 0) is 13.0 Å².